The van der Waals surface area contributed by atoms with Gasteiger partial charge in [0.15, 0.2) is 0 Å². The Labute approximate surface area is 76.5 Å². The van der Waals surface area contributed by atoms with Crippen LogP contribution in [0.1, 0.15) is 32.6 Å². The third kappa shape index (κ3) is 1.73. The zero-order valence-corrected chi connectivity index (χ0v) is 9.43. The van der Waals surface area contributed by atoms with E-state index in [0.717, 1.165) is 11.6 Å². The summed E-state index contributed by atoms with van der Waals surface area (Å²) in [5.74, 6) is 0. The van der Waals surface area contributed by atoms with Crippen molar-refractivity contribution in [3.63, 3.8) is 0 Å². The van der Waals surface area contributed by atoms with Gasteiger partial charge in [-0.3, -0.25) is 0 Å². The van der Waals surface area contributed by atoms with E-state index in [1.54, 1.807) is 0 Å². The first-order chi connectivity index (χ1) is 5.79. The molecule has 1 fully saturated rings. The van der Waals surface area contributed by atoms with E-state index < -0.39 is 8.56 Å². The van der Waals surface area contributed by atoms with Crippen molar-refractivity contribution in [2.24, 2.45) is 0 Å². The highest BCUT2D eigenvalue weighted by atomic mass is 28.4. The molecule has 2 nitrogen and oxygen atoms in total. The predicted molar refractivity (Wildman–Crippen MR) is 52.5 cm³/mol. The molecule has 3 heteroatoms. The summed E-state index contributed by atoms with van der Waals surface area (Å²) < 4.78 is 11.3. The van der Waals surface area contributed by atoms with Crippen LogP contribution in [0, 0.1) is 0 Å². The quantitative estimate of drug-likeness (QED) is 0.618. The third-order valence-electron chi connectivity index (χ3n) is 3.02. The van der Waals surface area contributed by atoms with Crippen molar-refractivity contribution in [1.29, 1.82) is 0 Å². The van der Waals surface area contributed by atoms with Gasteiger partial charge in [-0.05, 0) is 18.9 Å². The van der Waals surface area contributed by atoms with E-state index in [4.69, 9.17) is 8.85 Å². The summed E-state index contributed by atoms with van der Waals surface area (Å²) in [6, 6.07) is 1.16. The van der Waals surface area contributed by atoms with Gasteiger partial charge in [-0.1, -0.05) is 19.8 Å². The Bertz CT molecular complexity index is 130. The second-order valence-electron chi connectivity index (χ2n) is 3.60. The van der Waals surface area contributed by atoms with Crippen LogP contribution < -0.4 is 0 Å². The monoisotopic (exact) mass is 188 g/mol. The van der Waals surface area contributed by atoms with E-state index in [2.05, 4.69) is 6.92 Å². The van der Waals surface area contributed by atoms with Gasteiger partial charge in [0.25, 0.3) is 0 Å². The molecule has 0 spiro atoms. The van der Waals surface area contributed by atoms with Gasteiger partial charge < -0.3 is 8.85 Å². The predicted octanol–water partition coefficient (Wildman–Crippen LogP) is 2.69. The van der Waals surface area contributed by atoms with Gasteiger partial charge in [0.05, 0.1) is 0 Å². The molecule has 0 aromatic rings. The van der Waals surface area contributed by atoms with E-state index in [0.29, 0.717) is 0 Å². The average Bonchev–Trinajstić information content (AvgIpc) is 2.00. The molecule has 0 aromatic heterocycles. The molecular weight excluding hydrogens is 168 g/mol. The molecule has 1 saturated carbocycles. The zero-order chi connectivity index (χ0) is 9.03. The Morgan fingerprint density at radius 3 is 2.08 bits per heavy atom. The fourth-order valence-electron chi connectivity index (χ4n) is 2.02. The average molecular weight is 188 g/mol. The van der Waals surface area contributed by atoms with E-state index >= 15 is 0 Å². The van der Waals surface area contributed by atoms with Crippen molar-refractivity contribution in [3.8, 4) is 0 Å². The second-order valence-corrected chi connectivity index (χ2v) is 7.35. The molecule has 1 aliphatic rings. The van der Waals surface area contributed by atoms with Crippen LogP contribution in [0.2, 0.25) is 11.6 Å². The fraction of sp³-hybridized carbons (Fsp3) is 1.00. The van der Waals surface area contributed by atoms with Gasteiger partial charge in [0.1, 0.15) is 0 Å². The van der Waals surface area contributed by atoms with Crippen molar-refractivity contribution in [2.75, 3.05) is 14.2 Å². The van der Waals surface area contributed by atoms with Crippen LogP contribution in [0.15, 0.2) is 0 Å². The second kappa shape index (κ2) is 4.39. The van der Waals surface area contributed by atoms with Crippen LogP contribution in [0.25, 0.3) is 0 Å². The maximum atomic E-state index is 5.65. The van der Waals surface area contributed by atoms with Gasteiger partial charge in [0.2, 0.25) is 0 Å². The first kappa shape index (κ1) is 10.2. The topological polar surface area (TPSA) is 18.5 Å². The molecule has 72 valence electrons. The van der Waals surface area contributed by atoms with Crippen molar-refractivity contribution in [3.05, 3.63) is 0 Å². The molecule has 0 saturated heterocycles. The first-order valence-corrected chi connectivity index (χ1v) is 6.99. The fourth-order valence-corrected chi connectivity index (χ4v) is 5.66. The maximum Gasteiger partial charge on any atom is 0.340 e. The first-order valence-electron chi connectivity index (χ1n) is 4.89. The van der Waals surface area contributed by atoms with Crippen LogP contribution in [0.3, 0.4) is 0 Å². The minimum atomic E-state index is -1.76. The van der Waals surface area contributed by atoms with Crippen LogP contribution >= 0.6 is 0 Å². The molecule has 0 heterocycles. The number of rotatable bonds is 5. The van der Waals surface area contributed by atoms with Gasteiger partial charge in [-0.25, -0.2) is 0 Å². The highest BCUT2D eigenvalue weighted by molar-refractivity contribution is 6.69. The van der Waals surface area contributed by atoms with Crippen LogP contribution in [-0.4, -0.2) is 22.8 Å². The molecule has 0 unspecified atom stereocenters. The molecule has 0 N–H and O–H groups in total. The SMILES string of the molecule is CCC[Si](OC)(OC)C1CCC1. The Kier molecular flexibility index (Phi) is 3.74. The lowest BCUT2D eigenvalue weighted by molar-refractivity contribution is 0.207. The normalized spacial score (nSPS) is 19.2. The summed E-state index contributed by atoms with van der Waals surface area (Å²) in [5, 5.41) is 0. The molecule has 12 heavy (non-hydrogen) atoms. The largest absolute Gasteiger partial charge is 0.397 e. The van der Waals surface area contributed by atoms with Crippen LogP contribution in [0.4, 0.5) is 0 Å². The standard InChI is InChI=1S/C9H20O2Si/c1-4-8-12(10-2,11-3)9-6-5-7-9/h9H,4-8H2,1-3H3. The van der Waals surface area contributed by atoms with Crippen molar-refractivity contribution in [1.82, 2.24) is 0 Å². The van der Waals surface area contributed by atoms with Gasteiger partial charge in [0, 0.05) is 19.8 Å². The number of hydrogen-bond acceptors (Lipinski definition) is 2. The third-order valence-corrected chi connectivity index (χ3v) is 7.42. The van der Waals surface area contributed by atoms with Crippen molar-refractivity contribution < 1.29 is 8.85 Å². The van der Waals surface area contributed by atoms with Gasteiger partial charge in [-0.15, -0.1) is 0 Å². The Balaban J connectivity index is 2.54. The van der Waals surface area contributed by atoms with Crippen LogP contribution in [0.5, 0.6) is 0 Å². The summed E-state index contributed by atoms with van der Waals surface area (Å²) in [7, 11) is 1.89. The van der Waals surface area contributed by atoms with E-state index in [-0.39, 0.29) is 0 Å². The summed E-state index contributed by atoms with van der Waals surface area (Å²) >= 11 is 0. The highest BCUT2D eigenvalue weighted by Crippen LogP contribution is 2.43. The Hall–Kier alpha value is 0.137. The molecule has 1 rings (SSSR count). The summed E-state index contributed by atoms with van der Waals surface area (Å²) in [4.78, 5) is 0. The molecule has 0 bridgehead atoms. The zero-order valence-electron chi connectivity index (χ0n) is 8.43. The smallest absolute Gasteiger partial charge is 0.340 e. The molecule has 0 radical (unpaired) electrons. The molecule has 1 aliphatic carbocycles. The highest BCUT2D eigenvalue weighted by Gasteiger charge is 2.46. The van der Waals surface area contributed by atoms with Crippen LogP contribution in [-0.2, 0) is 8.85 Å². The summed E-state index contributed by atoms with van der Waals surface area (Å²) in [5.41, 5.74) is 0.771. The Morgan fingerprint density at radius 1 is 1.25 bits per heavy atom. The molecule has 0 atom stereocenters. The van der Waals surface area contributed by atoms with Gasteiger partial charge >= 0.3 is 8.56 Å². The summed E-state index contributed by atoms with van der Waals surface area (Å²) in [6.45, 7) is 2.21. The minimum Gasteiger partial charge on any atom is -0.397 e. The minimum absolute atomic E-state index is 0.771. The van der Waals surface area contributed by atoms with Crippen molar-refractivity contribution >= 4 is 8.56 Å². The van der Waals surface area contributed by atoms with Crippen molar-refractivity contribution in [2.45, 2.75) is 44.2 Å². The van der Waals surface area contributed by atoms with E-state index in [1.165, 1.54) is 25.7 Å². The molecular formula is C9H20O2Si. The molecule has 0 amide bonds. The lowest BCUT2D eigenvalue weighted by atomic mass is 10.00. The lowest BCUT2D eigenvalue weighted by Gasteiger charge is -2.40. The Morgan fingerprint density at radius 2 is 1.83 bits per heavy atom. The van der Waals surface area contributed by atoms with Gasteiger partial charge in [-0.2, -0.15) is 0 Å². The molecule has 0 aromatic carbocycles. The number of hydrogen-bond donors (Lipinski definition) is 0. The lowest BCUT2D eigenvalue weighted by Crippen LogP contribution is -2.47. The summed E-state index contributed by atoms with van der Waals surface area (Å²) in [6.07, 6.45) is 5.21. The molecule has 0 aliphatic heterocycles. The maximum absolute atomic E-state index is 5.65. The van der Waals surface area contributed by atoms with E-state index in [9.17, 15) is 0 Å². The van der Waals surface area contributed by atoms with E-state index in [1.807, 2.05) is 14.2 Å².